The fourth-order valence-electron chi connectivity index (χ4n) is 2.86. The van der Waals surface area contributed by atoms with E-state index in [1.807, 2.05) is 6.92 Å². The highest BCUT2D eigenvalue weighted by Gasteiger charge is 2.34. The predicted molar refractivity (Wildman–Crippen MR) is 77.0 cm³/mol. The standard InChI is InChI=1S/C14H20N2O3S/c1-10-16-11(8-20-10)13(19)15-9-14(7-12(17)18)5-3-2-4-6-14/h8H,2-7,9H2,1H3,(H,15,19)(H,17,18). The summed E-state index contributed by atoms with van der Waals surface area (Å²) >= 11 is 1.44. The van der Waals surface area contributed by atoms with Crippen molar-refractivity contribution in [3.05, 3.63) is 16.1 Å². The third-order valence-electron chi connectivity index (χ3n) is 3.92. The molecule has 1 aliphatic carbocycles. The van der Waals surface area contributed by atoms with Crippen LogP contribution in [0.2, 0.25) is 0 Å². The zero-order valence-corrected chi connectivity index (χ0v) is 12.5. The molecule has 2 rings (SSSR count). The molecule has 0 unspecified atom stereocenters. The van der Waals surface area contributed by atoms with Crippen LogP contribution < -0.4 is 5.32 Å². The summed E-state index contributed by atoms with van der Waals surface area (Å²) in [6, 6.07) is 0. The lowest BCUT2D eigenvalue weighted by molar-refractivity contribution is -0.140. The maximum Gasteiger partial charge on any atom is 0.303 e. The molecule has 1 saturated carbocycles. The molecule has 6 heteroatoms. The van der Waals surface area contributed by atoms with Crippen molar-refractivity contribution in [2.75, 3.05) is 6.54 Å². The molecule has 0 radical (unpaired) electrons. The average molecular weight is 296 g/mol. The topological polar surface area (TPSA) is 79.3 Å². The lowest BCUT2D eigenvalue weighted by Crippen LogP contribution is -2.40. The van der Waals surface area contributed by atoms with Crippen LogP contribution in [0.3, 0.4) is 0 Å². The van der Waals surface area contributed by atoms with Crippen molar-refractivity contribution in [3.63, 3.8) is 0 Å². The molecule has 1 aromatic heterocycles. The van der Waals surface area contributed by atoms with E-state index in [0.717, 1.165) is 37.1 Å². The molecule has 0 spiro atoms. The van der Waals surface area contributed by atoms with Crippen LogP contribution >= 0.6 is 11.3 Å². The minimum absolute atomic E-state index is 0.128. The van der Waals surface area contributed by atoms with Gasteiger partial charge in [-0.3, -0.25) is 9.59 Å². The lowest BCUT2D eigenvalue weighted by Gasteiger charge is -2.36. The molecule has 2 N–H and O–H groups in total. The number of hydrogen-bond donors (Lipinski definition) is 2. The summed E-state index contributed by atoms with van der Waals surface area (Å²) in [4.78, 5) is 27.2. The number of nitrogens with one attached hydrogen (secondary N) is 1. The third kappa shape index (κ3) is 3.79. The van der Waals surface area contributed by atoms with Gasteiger partial charge in [0, 0.05) is 11.9 Å². The minimum atomic E-state index is -0.786. The van der Waals surface area contributed by atoms with E-state index in [0.29, 0.717) is 12.2 Å². The highest BCUT2D eigenvalue weighted by Crippen LogP contribution is 2.38. The molecule has 0 aliphatic heterocycles. The van der Waals surface area contributed by atoms with Gasteiger partial charge in [0.25, 0.3) is 5.91 Å². The number of carbonyl (C=O) groups excluding carboxylic acids is 1. The van der Waals surface area contributed by atoms with Gasteiger partial charge in [-0.05, 0) is 25.2 Å². The quantitative estimate of drug-likeness (QED) is 0.875. The highest BCUT2D eigenvalue weighted by atomic mass is 32.1. The van der Waals surface area contributed by atoms with Crippen LogP contribution in [0.5, 0.6) is 0 Å². The fourth-order valence-corrected chi connectivity index (χ4v) is 3.46. The van der Waals surface area contributed by atoms with Gasteiger partial charge in [-0.2, -0.15) is 0 Å². The van der Waals surface area contributed by atoms with Crippen molar-refractivity contribution in [1.29, 1.82) is 0 Å². The van der Waals surface area contributed by atoms with E-state index >= 15 is 0 Å². The molecule has 0 atom stereocenters. The number of carboxylic acids is 1. The van der Waals surface area contributed by atoms with Gasteiger partial charge in [0.15, 0.2) is 0 Å². The zero-order chi connectivity index (χ0) is 14.6. The second-order valence-corrected chi connectivity index (χ2v) is 6.63. The van der Waals surface area contributed by atoms with Crippen LogP contribution in [-0.2, 0) is 4.79 Å². The van der Waals surface area contributed by atoms with Crippen molar-refractivity contribution >= 4 is 23.2 Å². The molecule has 0 aromatic carbocycles. The Labute approximate surface area is 122 Å². The SMILES string of the molecule is Cc1nc(C(=O)NCC2(CC(=O)O)CCCCC2)cs1. The van der Waals surface area contributed by atoms with Gasteiger partial charge < -0.3 is 10.4 Å². The Hall–Kier alpha value is -1.43. The fraction of sp³-hybridized carbons (Fsp3) is 0.643. The molecule has 110 valence electrons. The molecule has 1 aromatic rings. The average Bonchev–Trinajstić information content (AvgIpc) is 2.83. The molecule has 1 fully saturated rings. The van der Waals surface area contributed by atoms with Gasteiger partial charge in [-0.1, -0.05) is 19.3 Å². The van der Waals surface area contributed by atoms with Gasteiger partial charge in [-0.15, -0.1) is 11.3 Å². The van der Waals surface area contributed by atoms with Crippen molar-refractivity contribution in [2.45, 2.75) is 45.4 Å². The Bertz CT molecular complexity index is 492. The molecule has 1 aliphatic rings. The molecular formula is C14H20N2O3S. The van der Waals surface area contributed by atoms with Crippen molar-refractivity contribution < 1.29 is 14.7 Å². The van der Waals surface area contributed by atoms with Gasteiger partial charge in [0.1, 0.15) is 5.69 Å². The summed E-state index contributed by atoms with van der Waals surface area (Å²) in [6.07, 6.45) is 5.10. The number of aromatic nitrogens is 1. The monoisotopic (exact) mass is 296 g/mol. The number of amides is 1. The number of aryl methyl sites for hydroxylation is 1. The van der Waals surface area contributed by atoms with Crippen molar-refractivity contribution in [3.8, 4) is 0 Å². The molecule has 1 amide bonds. The summed E-state index contributed by atoms with van der Waals surface area (Å²) in [5, 5.41) is 14.5. The van der Waals surface area contributed by atoms with Crippen molar-refractivity contribution in [1.82, 2.24) is 10.3 Å². The second kappa shape index (κ2) is 6.35. The molecule has 1 heterocycles. The van der Waals surface area contributed by atoms with Crippen LogP contribution in [0.25, 0.3) is 0 Å². The number of thiazole rings is 1. The first kappa shape index (κ1) is 15.0. The second-order valence-electron chi connectivity index (χ2n) is 5.57. The van der Waals surface area contributed by atoms with Gasteiger partial charge in [-0.25, -0.2) is 4.98 Å². The first-order valence-electron chi connectivity index (χ1n) is 6.93. The molecule has 20 heavy (non-hydrogen) atoms. The Kier molecular flexibility index (Phi) is 4.75. The third-order valence-corrected chi connectivity index (χ3v) is 4.69. The highest BCUT2D eigenvalue weighted by molar-refractivity contribution is 7.09. The van der Waals surface area contributed by atoms with Crippen LogP contribution in [0.4, 0.5) is 0 Å². The van der Waals surface area contributed by atoms with Crippen LogP contribution in [0.15, 0.2) is 5.38 Å². The molecule has 0 saturated heterocycles. The number of nitrogens with zero attached hydrogens (tertiary/aromatic N) is 1. The molecule has 0 bridgehead atoms. The lowest BCUT2D eigenvalue weighted by atomic mass is 9.71. The van der Waals surface area contributed by atoms with Crippen LogP contribution in [-0.4, -0.2) is 28.5 Å². The predicted octanol–water partition coefficient (Wildman–Crippen LogP) is 2.61. The summed E-state index contributed by atoms with van der Waals surface area (Å²) in [7, 11) is 0. The number of aliphatic carboxylic acids is 1. The van der Waals surface area contributed by atoms with E-state index in [2.05, 4.69) is 10.3 Å². The Morgan fingerprint density at radius 2 is 2.10 bits per heavy atom. The number of rotatable bonds is 5. The first-order chi connectivity index (χ1) is 9.51. The van der Waals surface area contributed by atoms with Gasteiger partial charge in [0.2, 0.25) is 0 Å². The summed E-state index contributed by atoms with van der Waals surface area (Å²) in [6.45, 7) is 2.28. The Morgan fingerprint density at radius 1 is 1.40 bits per heavy atom. The number of carbonyl (C=O) groups is 2. The summed E-state index contributed by atoms with van der Waals surface area (Å²) in [5.74, 6) is -0.990. The van der Waals surface area contributed by atoms with E-state index in [1.165, 1.54) is 11.3 Å². The van der Waals surface area contributed by atoms with E-state index in [4.69, 9.17) is 5.11 Å². The van der Waals surface area contributed by atoms with Crippen LogP contribution in [0, 0.1) is 12.3 Å². The normalized spacial score (nSPS) is 17.6. The maximum absolute atomic E-state index is 12.0. The largest absolute Gasteiger partial charge is 0.481 e. The Balaban J connectivity index is 1.97. The van der Waals surface area contributed by atoms with E-state index < -0.39 is 5.97 Å². The van der Waals surface area contributed by atoms with Crippen molar-refractivity contribution in [2.24, 2.45) is 5.41 Å². The Morgan fingerprint density at radius 3 is 2.65 bits per heavy atom. The summed E-state index contributed by atoms with van der Waals surface area (Å²) in [5.41, 5.74) is 0.138. The van der Waals surface area contributed by atoms with E-state index in [9.17, 15) is 9.59 Å². The van der Waals surface area contributed by atoms with E-state index in [1.54, 1.807) is 5.38 Å². The number of hydrogen-bond acceptors (Lipinski definition) is 4. The van der Waals surface area contributed by atoms with E-state index in [-0.39, 0.29) is 17.7 Å². The van der Waals surface area contributed by atoms with Gasteiger partial charge >= 0.3 is 5.97 Å². The smallest absolute Gasteiger partial charge is 0.303 e. The molecule has 5 nitrogen and oxygen atoms in total. The number of carboxylic acid groups (broad SMARTS) is 1. The minimum Gasteiger partial charge on any atom is -0.481 e. The van der Waals surface area contributed by atoms with Gasteiger partial charge in [0.05, 0.1) is 11.4 Å². The molecular weight excluding hydrogens is 276 g/mol. The maximum atomic E-state index is 12.0. The zero-order valence-electron chi connectivity index (χ0n) is 11.6. The first-order valence-corrected chi connectivity index (χ1v) is 7.81. The van der Waals surface area contributed by atoms with Crippen LogP contribution in [0.1, 0.15) is 54.0 Å². The summed E-state index contributed by atoms with van der Waals surface area (Å²) < 4.78 is 0.